The summed E-state index contributed by atoms with van der Waals surface area (Å²) in [5.74, 6) is -0.252. The average Bonchev–Trinajstić information content (AvgIpc) is 2.54. The van der Waals surface area contributed by atoms with Crippen LogP contribution < -0.4 is 10.6 Å². The Kier molecular flexibility index (Phi) is 5.31. The maximum absolute atomic E-state index is 12.5. The summed E-state index contributed by atoms with van der Waals surface area (Å²) in [5, 5.41) is 5.91. The van der Waals surface area contributed by atoms with Crippen molar-refractivity contribution in [3.63, 3.8) is 0 Å². The summed E-state index contributed by atoms with van der Waals surface area (Å²) in [4.78, 5) is 28.8. The van der Waals surface area contributed by atoms with Crippen LogP contribution in [0, 0.1) is 0 Å². The molecule has 1 aromatic rings. The fraction of sp³-hybridized carbons (Fsp3) is 0.562. The zero-order chi connectivity index (χ0) is 15.1. The van der Waals surface area contributed by atoms with Crippen molar-refractivity contribution in [3.8, 4) is 0 Å². The van der Waals surface area contributed by atoms with E-state index in [-0.39, 0.29) is 11.8 Å². The third-order valence-electron chi connectivity index (χ3n) is 3.97. The molecule has 1 heterocycles. The van der Waals surface area contributed by atoms with Gasteiger partial charge in [0.25, 0.3) is 5.91 Å². The fourth-order valence-electron chi connectivity index (χ4n) is 2.76. The number of carbonyl (C=O) groups is 2. The van der Waals surface area contributed by atoms with Gasteiger partial charge in [0.15, 0.2) is 0 Å². The second kappa shape index (κ2) is 7.20. The van der Waals surface area contributed by atoms with Gasteiger partial charge in [-0.3, -0.25) is 14.6 Å². The molecule has 5 nitrogen and oxygen atoms in total. The lowest BCUT2D eigenvalue weighted by Crippen LogP contribution is -2.59. The molecule has 2 N–H and O–H groups in total. The largest absolute Gasteiger partial charge is 0.354 e. The van der Waals surface area contributed by atoms with Crippen LogP contribution in [-0.2, 0) is 4.79 Å². The van der Waals surface area contributed by atoms with Crippen molar-refractivity contribution in [3.05, 3.63) is 30.1 Å². The minimum atomic E-state index is -0.756. The first-order valence-corrected chi connectivity index (χ1v) is 7.69. The predicted molar refractivity (Wildman–Crippen MR) is 80.8 cm³/mol. The van der Waals surface area contributed by atoms with E-state index in [1.54, 1.807) is 24.5 Å². The lowest BCUT2D eigenvalue weighted by Gasteiger charge is -2.36. The lowest BCUT2D eigenvalue weighted by atomic mass is 9.80. The van der Waals surface area contributed by atoms with Gasteiger partial charge >= 0.3 is 0 Å². The van der Waals surface area contributed by atoms with Crippen LogP contribution in [0.3, 0.4) is 0 Å². The highest BCUT2D eigenvalue weighted by molar-refractivity contribution is 5.99. The van der Waals surface area contributed by atoms with Gasteiger partial charge in [0, 0.05) is 24.5 Å². The van der Waals surface area contributed by atoms with E-state index in [4.69, 9.17) is 0 Å². The predicted octanol–water partition coefficient (Wildman–Crippen LogP) is 2.04. The topological polar surface area (TPSA) is 71.1 Å². The molecule has 21 heavy (non-hydrogen) atoms. The van der Waals surface area contributed by atoms with Crippen molar-refractivity contribution in [2.45, 2.75) is 51.0 Å². The molecule has 114 valence electrons. The molecule has 2 rings (SSSR count). The van der Waals surface area contributed by atoms with Gasteiger partial charge in [0.05, 0.1) is 0 Å². The number of nitrogens with one attached hydrogen (secondary N) is 2. The van der Waals surface area contributed by atoms with Crippen LogP contribution >= 0.6 is 0 Å². The molecular formula is C16H23N3O2. The Labute approximate surface area is 125 Å². The molecule has 0 aliphatic heterocycles. The maximum atomic E-state index is 12.5. The molecule has 0 bridgehead atoms. The van der Waals surface area contributed by atoms with Gasteiger partial charge < -0.3 is 10.6 Å². The number of amides is 2. The summed E-state index contributed by atoms with van der Waals surface area (Å²) in [6.45, 7) is 2.66. The van der Waals surface area contributed by atoms with E-state index in [0.717, 1.165) is 25.7 Å². The molecule has 1 aliphatic rings. The molecule has 1 saturated carbocycles. The number of aromatic nitrogens is 1. The number of rotatable bonds is 5. The van der Waals surface area contributed by atoms with Gasteiger partial charge in [-0.1, -0.05) is 26.2 Å². The summed E-state index contributed by atoms with van der Waals surface area (Å²) in [7, 11) is 0. The standard InChI is InChI=1S/C16H23N3O2/c1-2-10-18-15(21)16(8-4-3-5-9-16)19-14(20)13-6-11-17-12-7-13/h6-7,11-12H,2-5,8-10H2,1H3,(H,18,21)(H,19,20). The van der Waals surface area contributed by atoms with Crippen LogP contribution in [0.5, 0.6) is 0 Å². The second-order valence-corrected chi connectivity index (χ2v) is 5.59. The summed E-state index contributed by atoms with van der Waals surface area (Å²) >= 11 is 0. The third-order valence-corrected chi connectivity index (χ3v) is 3.97. The summed E-state index contributed by atoms with van der Waals surface area (Å²) in [6, 6.07) is 3.33. The van der Waals surface area contributed by atoms with E-state index in [9.17, 15) is 9.59 Å². The van der Waals surface area contributed by atoms with Gasteiger partial charge in [-0.05, 0) is 31.4 Å². The molecular weight excluding hydrogens is 266 g/mol. The number of carbonyl (C=O) groups excluding carboxylic acids is 2. The highest BCUT2D eigenvalue weighted by Crippen LogP contribution is 2.29. The minimum absolute atomic E-state index is 0.0496. The second-order valence-electron chi connectivity index (χ2n) is 5.59. The minimum Gasteiger partial charge on any atom is -0.354 e. The summed E-state index contributed by atoms with van der Waals surface area (Å²) in [6.07, 6.45) is 8.53. The normalized spacial score (nSPS) is 17.0. The van der Waals surface area contributed by atoms with Crippen LogP contribution in [0.2, 0.25) is 0 Å². The van der Waals surface area contributed by atoms with Crippen molar-refractivity contribution in [2.75, 3.05) is 6.54 Å². The highest BCUT2D eigenvalue weighted by Gasteiger charge is 2.40. The van der Waals surface area contributed by atoms with Gasteiger partial charge in [-0.15, -0.1) is 0 Å². The first kappa shape index (κ1) is 15.5. The van der Waals surface area contributed by atoms with Gasteiger partial charge in [0.1, 0.15) is 5.54 Å². The number of hydrogen-bond acceptors (Lipinski definition) is 3. The van der Waals surface area contributed by atoms with E-state index in [2.05, 4.69) is 15.6 Å². The number of pyridine rings is 1. The molecule has 5 heteroatoms. The fourth-order valence-corrected chi connectivity index (χ4v) is 2.76. The van der Waals surface area contributed by atoms with Gasteiger partial charge in [-0.2, -0.15) is 0 Å². The van der Waals surface area contributed by atoms with Crippen molar-refractivity contribution in [2.24, 2.45) is 0 Å². The Balaban J connectivity index is 2.12. The molecule has 0 spiro atoms. The Morgan fingerprint density at radius 1 is 1.19 bits per heavy atom. The van der Waals surface area contributed by atoms with E-state index >= 15 is 0 Å². The molecule has 1 aromatic heterocycles. The van der Waals surface area contributed by atoms with Crippen molar-refractivity contribution in [1.29, 1.82) is 0 Å². The Hall–Kier alpha value is -1.91. The first-order valence-electron chi connectivity index (χ1n) is 7.69. The Morgan fingerprint density at radius 3 is 2.48 bits per heavy atom. The monoisotopic (exact) mass is 289 g/mol. The maximum Gasteiger partial charge on any atom is 0.252 e. The first-order chi connectivity index (χ1) is 10.2. The van der Waals surface area contributed by atoms with Gasteiger partial charge in [0.2, 0.25) is 5.91 Å². The van der Waals surface area contributed by atoms with Crippen molar-refractivity contribution >= 4 is 11.8 Å². The van der Waals surface area contributed by atoms with Crippen LogP contribution in [-0.4, -0.2) is 28.9 Å². The van der Waals surface area contributed by atoms with Crippen LogP contribution in [0.25, 0.3) is 0 Å². The molecule has 1 fully saturated rings. The molecule has 0 unspecified atom stereocenters. The lowest BCUT2D eigenvalue weighted by molar-refractivity contribution is -0.128. The number of hydrogen-bond donors (Lipinski definition) is 2. The molecule has 0 saturated heterocycles. The zero-order valence-electron chi connectivity index (χ0n) is 12.5. The van der Waals surface area contributed by atoms with E-state index < -0.39 is 5.54 Å². The molecule has 2 amide bonds. The summed E-state index contributed by atoms with van der Waals surface area (Å²) in [5.41, 5.74) is -0.216. The molecule has 0 radical (unpaired) electrons. The van der Waals surface area contributed by atoms with E-state index in [1.807, 2.05) is 6.92 Å². The number of nitrogens with zero attached hydrogens (tertiary/aromatic N) is 1. The highest BCUT2D eigenvalue weighted by atomic mass is 16.2. The van der Waals surface area contributed by atoms with Gasteiger partial charge in [-0.25, -0.2) is 0 Å². The van der Waals surface area contributed by atoms with Crippen molar-refractivity contribution in [1.82, 2.24) is 15.6 Å². The molecule has 0 aromatic carbocycles. The van der Waals surface area contributed by atoms with Crippen LogP contribution in [0.1, 0.15) is 55.8 Å². The summed E-state index contributed by atoms with van der Waals surface area (Å²) < 4.78 is 0. The third kappa shape index (κ3) is 3.80. The van der Waals surface area contributed by atoms with Crippen LogP contribution in [0.4, 0.5) is 0 Å². The molecule has 1 aliphatic carbocycles. The zero-order valence-corrected chi connectivity index (χ0v) is 12.5. The molecule has 0 atom stereocenters. The Bertz CT molecular complexity index is 482. The van der Waals surface area contributed by atoms with E-state index in [0.29, 0.717) is 24.9 Å². The van der Waals surface area contributed by atoms with E-state index in [1.165, 1.54) is 0 Å². The SMILES string of the molecule is CCCNC(=O)C1(NC(=O)c2ccncc2)CCCCC1. The van der Waals surface area contributed by atoms with Crippen LogP contribution in [0.15, 0.2) is 24.5 Å². The van der Waals surface area contributed by atoms with Crippen molar-refractivity contribution < 1.29 is 9.59 Å². The quantitative estimate of drug-likeness (QED) is 0.871. The smallest absolute Gasteiger partial charge is 0.252 e. The average molecular weight is 289 g/mol. The Morgan fingerprint density at radius 2 is 1.86 bits per heavy atom.